The number of benzene rings is 1. The van der Waals surface area contributed by atoms with Crippen molar-refractivity contribution in [2.24, 2.45) is 0 Å². The average Bonchev–Trinajstić information content (AvgIpc) is 3.28. The summed E-state index contributed by atoms with van der Waals surface area (Å²) in [5.74, 6) is -0.305. The second kappa shape index (κ2) is 10.1. The number of rotatable bonds is 10. The van der Waals surface area contributed by atoms with Crippen molar-refractivity contribution in [1.29, 1.82) is 0 Å². The highest BCUT2D eigenvalue weighted by atomic mass is 79.9. The summed E-state index contributed by atoms with van der Waals surface area (Å²) < 4.78 is 10.4. The van der Waals surface area contributed by atoms with Gasteiger partial charge in [0.25, 0.3) is 0 Å². The summed E-state index contributed by atoms with van der Waals surface area (Å²) >= 11 is 3.59. The molecule has 0 aliphatic carbocycles. The third kappa shape index (κ3) is 4.92. The predicted octanol–water partition coefficient (Wildman–Crippen LogP) is 6.43. The summed E-state index contributed by atoms with van der Waals surface area (Å²) in [7, 11) is 0. The Hall–Kier alpha value is -2.08. The van der Waals surface area contributed by atoms with E-state index >= 15 is 0 Å². The minimum Gasteiger partial charge on any atom is -0.461 e. The van der Waals surface area contributed by atoms with E-state index in [0.29, 0.717) is 12.3 Å². The van der Waals surface area contributed by atoms with E-state index in [0.717, 1.165) is 66.3 Å². The number of halogens is 1. The Morgan fingerprint density at radius 1 is 1.07 bits per heavy atom. The lowest BCUT2D eigenvalue weighted by molar-refractivity contribution is 0.0511. The Balaban J connectivity index is 2.06. The molecule has 2 heterocycles. The zero-order valence-corrected chi connectivity index (χ0v) is 19.2. The smallest absolute Gasteiger partial charge is 0.356 e. The second-order valence-electron chi connectivity index (χ2n) is 7.32. The minimum absolute atomic E-state index is 0.305. The van der Waals surface area contributed by atoms with Crippen LogP contribution in [0.2, 0.25) is 0 Å². The van der Waals surface area contributed by atoms with E-state index in [2.05, 4.69) is 58.7 Å². The van der Waals surface area contributed by atoms with Gasteiger partial charge >= 0.3 is 5.97 Å². The van der Waals surface area contributed by atoms with E-state index in [4.69, 9.17) is 9.84 Å². The summed E-state index contributed by atoms with van der Waals surface area (Å²) in [6, 6.07) is 8.21. The molecule has 156 valence electrons. The van der Waals surface area contributed by atoms with Gasteiger partial charge in [0.2, 0.25) is 0 Å². The molecule has 0 unspecified atom stereocenters. The van der Waals surface area contributed by atoms with E-state index in [1.165, 1.54) is 5.52 Å². The maximum absolute atomic E-state index is 12.5. The first kappa shape index (κ1) is 21.6. The van der Waals surface area contributed by atoms with Crippen molar-refractivity contribution in [1.82, 2.24) is 14.3 Å². The van der Waals surface area contributed by atoms with Crippen LogP contribution in [0.15, 0.2) is 34.9 Å². The molecule has 0 radical (unpaired) electrons. The van der Waals surface area contributed by atoms with E-state index < -0.39 is 0 Å². The minimum atomic E-state index is -0.305. The molecule has 0 atom stereocenters. The number of hydrogen-bond acceptors (Lipinski definition) is 3. The van der Waals surface area contributed by atoms with Gasteiger partial charge in [0.1, 0.15) is 5.69 Å². The van der Waals surface area contributed by atoms with Crippen LogP contribution in [0.1, 0.15) is 63.4 Å². The Kier molecular flexibility index (Phi) is 7.53. The SMILES string of the molecule is CCCCCn1nc(-c2cn(CCCC)c3cc(Br)ccc23)cc1C(=O)OCC. The van der Waals surface area contributed by atoms with Crippen molar-refractivity contribution in [2.75, 3.05) is 6.61 Å². The number of aromatic nitrogens is 3. The lowest BCUT2D eigenvalue weighted by atomic mass is 10.1. The molecule has 5 nitrogen and oxygen atoms in total. The maximum Gasteiger partial charge on any atom is 0.356 e. The van der Waals surface area contributed by atoms with Crippen LogP contribution < -0.4 is 0 Å². The molecule has 1 aromatic carbocycles. The predicted molar refractivity (Wildman–Crippen MR) is 121 cm³/mol. The molecule has 0 amide bonds. The van der Waals surface area contributed by atoms with Crippen molar-refractivity contribution in [3.05, 3.63) is 40.6 Å². The highest BCUT2D eigenvalue weighted by Crippen LogP contribution is 2.32. The molecule has 0 N–H and O–H groups in total. The molecule has 3 rings (SSSR count). The summed E-state index contributed by atoms with van der Waals surface area (Å²) in [6.07, 6.45) is 7.66. The van der Waals surface area contributed by atoms with Crippen molar-refractivity contribution in [3.8, 4) is 11.3 Å². The van der Waals surface area contributed by atoms with E-state index in [1.807, 2.05) is 17.7 Å². The Bertz CT molecular complexity index is 974. The van der Waals surface area contributed by atoms with Gasteiger partial charge in [-0.3, -0.25) is 4.68 Å². The lowest BCUT2D eigenvalue weighted by Gasteiger charge is -2.06. The largest absolute Gasteiger partial charge is 0.461 e. The van der Waals surface area contributed by atoms with Gasteiger partial charge < -0.3 is 9.30 Å². The Morgan fingerprint density at radius 3 is 2.59 bits per heavy atom. The molecule has 29 heavy (non-hydrogen) atoms. The van der Waals surface area contributed by atoms with E-state index in [9.17, 15) is 4.79 Å². The third-order valence-electron chi connectivity index (χ3n) is 5.11. The van der Waals surface area contributed by atoms with E-state index in [1.54, 1.807) is 0 Å². The fourth-order valence-electron chi connectivity index (χ4n) is 3.58. The molecule has 0 saturated heterocycles. The van der Waals surface area contributed by atoms with Gasteiger partial charge in [-0.2, -0.15) is 5.10 Å². The number of unbranched alkanes of at least 4 members (excludes halogenated alkanes) is 3. The number of carbonyl (C=O) groups is 1. The molecule has 0 spiro atoms. The number of ether oxygens (including phenoxy) is 1. The summed E-state index contributed by atoms with van der Waals surface area (Å²) in [4.78, 5) is 12.5. The quantitative estimate of drug-likeness (QED) is 0.259. The molecule has 0 bridgehead atoms. The Morgan fingerprint density at radius 2 is 1.86 bits per heavy atom. The standard InChI is InChI=1S/C23H30BrN3O2/c1-4-7-9-13-27-22(23(28)29-6-3)15-20(25-27)19-16-26(12-8-5-2)21-14-17(24)10-11-18(19)21/h10-11,14-16H,4-9,12-13H2,1-3H3. The van der Waals surface area contributed by atoms with Crippen molar-refractivity contribution in [3.63, 3.8) is 0 Å². The summed E-state index contributed by atoms with van der Waals surface area (Å²) in [5.41, 5.74) is 3.60. The topological polar surface area (TPSA) is 49.0 Å². The zero-order valence-electron chi connectivity index (χ0n) is 17.6. The number of esters is 1. The van der Waals surface area contributed by atoms with Gasteiger partial charge in [0.15, 0.2) is 0 Å². The van der Waals surface area contributed by atoms with Crippen LogP contribution in [-0.4, -0.2) is 26.9 Å². The number of hydrogen-bond donors (Lipinski definition) is 0. The Labute approximate surface area is 181 Å². The number of aryl methyl sites for hydroxylation is 2. The van der Waals surface area contributed by atoms with Crippen molar-refractivity contribution in [2.45, 2.75) is 66.0 Å². The van der Waals surface area contributed by atoms with Gasteiger partial charge in [0.05, 0.1) is 12.3 Å². The molecule has 0 fully saturated rings. The first-order chi connectivity index (χ1) is 14.1. The molecule has 6 heteroatoms. The molecule has 2 aromatic heterocycles. The van der Waals surface area contributed by atoms with E-state index in [-0.39, 0.29) is 5.97 Å². The van der Waals surface area contributed by atoms with Crippen LogP contribution in [-0.2, 0) is 17.8 Å². The third-order valence-corrected chi connectivity index (χ3v) is 5.60. The number of fused-ring (bicyclic) bond motifs is 1. The molecule has 0 aliphatic rings. The van der Waals surface area contributed by atoms with Crippen LogP contribution >= 0.6 is 15.9 Å². The monoisotopic (exact) mass is 459 g/mol. The van der Waals surface area contributed by atoms with Crippen LogP contribution in [0.25, 0.3) is 22.2 Å². The van der Waals surface area contributed by atoms with Crippen LogP contribution in [0.3, 0.4) is 0 Å². The van der Waals surface area contributed by atoms with Gasteiger partial charge in [0, 0.05) is 40.2 Å². The second-order valence-corrected chi connectivity index (χ2v) is 8.23. The highest BCUT2D eigenvalue weighted by molar-refractivity contribution is 9.10. The summed E-state index contributed by atoms with van der Waals surface area (Å²) in [6.45, 7) is 8.25. The molecule has 0 aliphatic heterocycles. The van der Waals surface area contributed by atoms with Gasteiger partial charge in [-0.25, -0.2) is 4.79 Å². The van der Waals surface area contributed by atoms with Gasteiger partial charge in [-0.1, -0.05) is 55.1 Å². The maximum atomic E-state index is 12.5. The first-order valence-corrected chi connectivity index (χ1v) is 11.4. The van der Waals surface area contributed by atoms with Crippen LogP contribution in [0, 0.1) is 0 Å². The highest BCUT2D eigenvalue weighted by Gasteiger charge is 2.20. The first-order valence-electron chi connectivity index (χ1n) is 10.6. The lowest BCUT2D eigenvalue weighted by Crippen LogP contribution is -2.13. The molecule has 0 saturated carbocycles. The van der Waals surface area contributed by atoms with Gasteiger partial charge in [-0.15, -0.1) is 0 Å². The van der Waals surface area contributed by atoms with Crippen LogP contribution in [0.4, 0.5) is 0 Å². The fraction of sp³-hybridized carbons (Fsp3) is 0.478. The average molecular weight is 460 g/mol. The number of nitrogens with zero attached hydrogens (tertiary/aromatic N) is 3. The normalized spacial score (nSPS) is 11.3. The molecular weight excluding hydrogens is 430 g/mol. The van der Waals surface area contributed by atoms with Crippen molar-refractivity contribution < 1.29 is 9.53 Å². The molecule has 3 aromatic rings. The molecular formula is C23H30BrN3O2. The fourth-order valence-corrected chi connectivity index (χ4v) is 3.93. The zero-order chi connectivity index (χ0) is 20.8. The number of carbonyl (C=O) groups excluding carboxylic acids is 1. The summed E-state index contributed by atoms with van der Waals surface area (Å²) in [5, 5.41) is 5.96. The van der Waals surface area contributed by atoms with Crippen LogP contribution in [0.5, 0.6) is 0 Å². The van der Waals surface area contributed by atoms with Gasteiger partial charge in [-0.05, 0) is 38.0 Å². The van der Waals surface area contributed by atoms with Crippen molar-refractivity contribution >= 4 is 32.8 Å².